The zero-order valence-electron chi connectivity index (χ0n) is 17.3. The molecule has 0 radical (unpaired) electrons. The molecule has 4 aromatic rings. The summed E-state index contributed by atoms with van der Waals surface area (Å²) >= 11 is 1.32. The number of carbonyl (C=O) groups excluding carboxylic acids is 2. The fourth-order valence-corrected chi connectivity index (χ4v) is 5.24. The first kappa shape index (κ1) is 21.2. The maximum Gasteiger partial charge on any atom is 0.256 e. The van der Waals surface area contributed by atoms with Crippen LogP contribution in [0, 0.1) is 11.6 Å². The van der Waals surface area contributed by atoms with Crippen LogP contribution in [0.15, 0.2) is 84.9 Å². The number of carbonyl (C=O) groups is 2. The van der Waals surface area contributed by atoms with E-state index in [4.69, 9.17) is 0 Å². The van der Waals surface area contributed by atoms with Gasteiger partial charge in [-0.1, -0.05) is 54.6 Å². The monoisotopic (exact) mass is 460 g/mol. The Morgan fingerprint density at radius 1 is 0.939 bits per heavy atom. The van der Waals surface area contributed by atoms with Gasteiger partial charge >= 0.3 is 0 Å². The van der Waals surface area contributed by atoms with E-state index in [-0.39, 0.29) is 23.3 Å². The van der Waals surface area contributed by atoms with Crippen LogP contribution >= 0.6 is 11.8 Å². The molecule has 1 atom stereocenters. The second-order valence-electron chi connectivity index (χ2n) is 7.59. The highest BCUT2D eigenvalue weighted by Crippen LogP contribution is 2.45. The maximum absolute atomic E-state index is 14.5. The molecule has 0 bridgehead atoms. The van der Waals surface area contributed by atoms with Crippen LogP contribution in [0.25, 0.3) is 10.8 Å². The van der Waals surface area contributed by atoms with E-state index in [1.165, 1.54) is 22.7 Å². The number of hydrogen-bond donors (Lipinski definition) is 1. The quantitative estimate of drug-likeness (QED) is 0.397. The van der Waals surface area contributed by atoms with E-state index in [0.717, 1.165) is 22.9 Å². The molecule has 0 saturated carbocycles. The summed E-state index contributed by atoms with van der Waals surface area (Å²) in [5, 5.41) is 4.18. The highest BCUT2D eigenvalue weighted by Gasteiger charge is 2.37. The fraction of sp³-hybridized carbons (Fsp3) is 0.0769. The van der Waals surface area contributed by atoms with Crippen molar-refractivity contribution in [2.45, 2.75) is 5.37 Å². The first-order chi connectivity index (χ1) is 16.0. The molecule has 1 saturated heterocycles. The van der Waals surface area contributed by atoms with Gasteiger partial charge in [0.25, 0.3) is 5.91 Å². The summed E-state index contributed by atoms with van der Waals surface area (Å²) in [5.41, 5.74) is 1.71. The number of rotatable bonds is 4. The van der Waals surface area contributed by atoms with Gasteiger partial charge in [0.1, 0.15) is 17.0 Å². The molecule has 5 rings (SSSR count). The normalized spacial score (nSPS) is 15.8. The van der Waals surface area contributed by atoms with E-state index >= 15 is 0 Å². The molecule has 0 aliphatic carbocycles. The smallest absolute Gasteiger partial charge is 0.256 e. The predicted molar refractivity (Wildman–Crippen MR) is 127 cm³/mol. The van der Waals surface area contributed by atoms with Gasteiger partial charge in [0.05, 0.1) is 11.4 Å². The molecule has 164 valence electrons. The number of halogens is 2. The summed E-state index contributed by atoms with van der Waals surface area (Å²) in [5.74, 6) is -1.95. The largest absolute Gasteiger partial charge is 0.322 e. The Balaban J connectivity index is 1.51. The topological polar surface area (TPSA) is 49.4 Å². The summed E-state index contributed by atoms with van der Waals surface area (Å²) < 4.78 is 28.0. The lowest BCUT2D eigenvalue weighted by molar-refractivity contribution is -0.115. The Morgan fingerprint density at radius 3 is 2.55 bits per heavy atom. The second kappa shape index (κ2) is 8.67. The number of amides is 2. The average molecular weight is 461 g/mol. The number of thioether (sulfide) groups is 1. The molecular weight excluding hydrogens is 442 g/mol. The zero-order valence-corrected chi connectivity index (χ0v) is 18.1. The molecule has 4 nitrogen and oxygen atoms in total. The van der Waals surface area contributed by atoms with E-state index in [2.05, 4.69) is 5.32 Å². The summed E-state index contributed by atoms with van der Waals surface area (Å²) in [6.07, 6.45) is 0. The first-order valence-corrected chi connectivity index (χ1v) is 11.3. The standard InChI is InChI=1S/C26H18F2N2O2S/c27-17-12-13-23(21(28)14-17)30-24(31)15-33-26(30)20-9-3-4-11-22(20)29-25(32)19-10-5-7-16-6-1-2-8-18(16)19/h1-14,26H,15H2,(H,29,32)/t26-/m1/s1. The minimum absolute atomic E-state index is 0.00610. The van der Waals surface area contributed by atoms with Gasteiger partial charge in [-0.15, -0.1) is 11.8 Å². The van der Waals surface area contributed by atoms with Crippen molar-refractivity contribution >= 4 is 45.7 Å². The second-order valence-corrected chi connectivity index (χ2v) is 8.66. The molecule has 7 heteroatoms. The number of hydrogen-bond acceptors (Lipinski definition) is 3. The van der Waals surface area contributed by atoms with Crippen molar-refractivity contribution in [1.82, 2.24) is 0 Å². The van der Waals surface area contributed by atoms with Crippen molar-refractivity contribution in [2.24, 2.45) is 0 Å². The van der Waals surface area contributed by atoms with Crippen LogP contribution in [0.5, 0.6) is 0 Å². The van der Waals surface area contributed by atoms with Gasteiger partial charge in [-0.3, -0.25) is 14.5 Å². The number of benzene rings is 4. The maximum atomic E-state index is 14.5. The summed E-state index contributed by atoms with van der Waals surface area (Å²) in [6.45, 7) is 0. The molecule has 1 N–H and O–H groups in total. The Kier molecular flexibility index (Phi) is 5.56. The number of anilines is 2. The Hall–Kier alpha value is -3.71. The SMILES string of the molecule is O=C(Nc1ccccc1[C@H]1SCC(=O)N1c1ccc(F)cc1F)c1cccc2ccccc12. The van der Waals surface area contributed by atoms with Crippen LogP contribution in [0.1, 0.15) is 21.3 Å². The zero-order chi connectivity index (χ0) is 22.9. The van der Waals surface area contributed by atoms with Gasteiger partial charge in [-0.2, -0.15) is 0 Å². The van der Waals surface area contributed by atoms with Gasteiger partial charge in [-0.25, -0.2) is 8.78 Å². The molecule has 1 fully saturated rings. The molecule has 0 spiro atoms. The molecule has 1 aliphatic heterocycles. The van der Waals surface area contributed by atoms with Crippen LogP contribution in [0.2, 0.25) is 0 Å². The van der Waals surface area contributed by atoms with Crippen molar-refractivity contribution in [3.63, 3.8) is 0 Å². The van der Waals surface area contributed by atoms with Crippen molar-refractivity contribution < 1.29 is 18.4 Å². The summed E-state index contributed by atoms with van der Waals surface area (Å²) in [7, 11) is 0. The van der Waals surface area contributed by atoms with Crippen LogP contribution in [0.4, 0.5) is 20.2 Å². The molecule has 4 aromatic carbocycles. The van der Waals surface area contributed by atoms with Crippen LogP contribution < -0.4 is 10.2 Å². The van der Waals surface area contributed by atoms with Gasteiger partial charge < -0.3 is 5.32 Å². The first-order valence-electron chi connectivity index (χ1n) is 10.3. The molecule has 0 aromatic heterocycles. The van der Waals surface area contributed by atoms with E-state index in [1.807, 2.05) is 36.4 Å². The Labute approximate surface area is 193 Å². The van der Waals surface area contributed by atoms with Crippen molar-refractivity contribution in [1.29, 1.82) is 0 Å². The minimum atomic E-state index is -0.812. The molecule has 2 amide bonds. The van der Waals surface area contributed by atoms with Crippen LogP contribution in [0.3, 0.4) is 0 Å². The highest BCUT2D eigenvalue weighted by molar-refractivity contribution is 8.00. The van der Waals surface area contributed by atoms with Crippen molar-refractivity contribution in [2.75, 3.05) is 16.0 Å². The van der Waals surface area contributed by atoms with E-state index < -0.39 is 17.0 Å². The molecule has 1 heterocycles. The summed E-state index contributed by atoms with van der Waals surface area (Å²) in [6, 6.07) is 23.4. The lowest BCUT2D eigenvalue weighted by Gasteiger charge is -2.26. The van der Waals surface area contributed by atoms with Crippen molar-refractivity contribution in [3.8, 4) is 0 Å². The average Bonchev–Trinajstić information content (AvgIpc) is 3.20. The van der Waals surface area contributed by atoms with Gasteiger partial charge in [0.15, 0.2) is 0 Å². The summed E-state index contributed by atoms with van der Waals surface area (Å²) in [4.78, 5) is 27.2. The predicted octanol–water partition coefficient (Wildman–Crippen LogP) is 6.15. The van der Waals surface area contributed by atoms with Gasteiger partial charge in [-0.05, 0) is 35.0 Å². The molecule has 0 unspecified atom stereocenters. The van der Waals surface area contributed by atoms with Crippen LogP contribution in [-0.4, -0.2) is 17.6 Å². The highest BCUT2D eigenvalue weighted by atomic mass is 32.2. The molecule has 1 aliphatic rings. The minimum Gasteiger partial charge on any atom is -0.322 e. The third kappa shape index (κ3) is 3.96. The van der Waals surface area contributed by atoms with Gasteiger partial charge in [0.2, 0.25) is 5.91 Å². The van der Waals surface area contributed by atoms with E-state index in [1.54, 1.807) is 30.3 Å². The third-order valence-corrected chi connectivity index (χ3v) is 6.74. The lowest BCUT2D eigenvalue weighted by atomic mass is 10.0. The lowest BCUT2D eigenvalue weighted by Crippen LogP contribution is -2.29. The van der Waals surface area contributed by atoms with Crippen LogP contribution in [-0.2, 0) is 4.79 Å². The third-order valence-electron chi connectivity index (χ3n) is 5.55. The number of para-hydroxylation sites is 1. The molecule has 33 heavy (non-hydrogen) atoms. The Bertz CT molecular complexity index is 1390. The van der Waals surface area contributed by atoms with E-state index in [9.17, 15) is 18.4 Å². The van der Waals surface area contributed by atoms with Gasteiger partial charge in [0, 0.05) is 22.9 Å². The number of nitrogens with zero attached hydrogens (tertiary/aromatic N) is 1. The van der Waals surface area contributed by atoms with E-state index in [0.29, 0.717) is 16.8 Å². The molecular formula is C26H18F2N2O2S. The van der Waals surface area contributed by atoms with Crippen molar-refractivity contribution in [3.05, 3.63) is 108 Å². The number of fused-ring (bicyclic) bond motifs is 1. The number of nitrogens with one attached hydrogen (secondary N) is 1. The fourth-order valence-electron chi connectivity index (χ4n) is 4.03. The Morgan fingerprint density at radius 2 is 1.70 bits per heavy atom.